The summed E-state index contributed by atoms with van der Waals surface area (Å²) < 4.78 is 11.9. The highest BCUT2D eigenvalue weighted by molar-refractivity contribution is 8.01. The fourth-order valence-corrected chi connectivity index (χ4v) is 5.18. The Morgan fingerprint density at radius 1 is 1.21 bits per heavy atom. The van der Waals surface area contributed by atoms with E-state index >= 15 is 0 Å². The van der Waals surface area contributed by atoms with Crippen molar-refractivity contribution in [1.29, 1.82) is 0 Å². The predicted octanol–water partition coefficient (Wildman–Crippen LogP) is 5.77. The monoisotopic (exact) mass is 433 g/mol. The lowest BCUT2D eigenvalue weighted by molar-refractivity contribution is -0.143. The first-order chi connectivity index (χ1) is 13.7. The summed E-state index contributed by atoms with van der Waals surface area (Å²) in [5.74, 6) is 1.61. The highest BCUT2D eigenvalue weighted by Gasteiger charge is 2.52. The third-order valence-electron chi connectivity index (χ3n) is 4.88. The van der Waals surface area contributed by atoms with Gasteiger partial charge >= 0.3 is 0 Å². The number of amides is 1. The number of carbonyl (C=O) groups is 1. The van der Waals surface area contributed by atoms with E-state index < -0.39 is 0 Å². The van der Waals surface area contributed by atoms with Crippen molar-refractivity contribution in [3.63, 3.8) is 0 Å². The standard InChI is InChI=1S/C23H28ClNO3S/c1-15(2)21-25(20(26)14-27-19-12-11-17(24)13-16(19)3)22(23(4,5)29-21)28-18-9-7-6-8-10-18/h6-13,15,21-22H,14H2,1-5H3. The van der Waals surface area contributed by atoms with E-state index in [9.17, 15) is 4.79 Å². The summed E-state index contributed by atoms with van der Waals surface area (Å²) in [6.45, 7) is 10.4. The number of rotatable bonds is 6. The van der Waals surface area contributed by atoms with Crippen molar-refractivity contribution >= 4 is 29.3 Å². The lowest BCUT2D eigenvalue weighted by atomic mass is 10.1. The van der Waals surface area contributed by atoms with Crippen LogP contribution < -0.4 is 9.47 Å². The molecule has 1 aliphatic rings. The van der Waals surface area contributed by atoms with Gasteiger partial charge < -0.3 is 9.47 Å². The molecule has 0 bridgehead atoms. The maximum absolute atomic E-state index is 13.3. The molecule has 0 radical (unpaired) electrons. The number of benzene rings is 2. The molecule has 2 aromatic rings. The molecule has 0 aromatic heterocycles. The predicted molar refractivity (Wildman–Crippen MR) is 120 cm³/mol. The molecule has 1 heterocycles. The van der Waals surface area contributed by atoms with Crippen LogP contribution in [0.5, 0.6) is 11.5 Å². The largest absolute Gasteiger partial charge is 0.483 e. The topological polar surface area (TPSA) is 38.8 Å². The van der Waals surface area contributed by atoms with E-state index in [0.29, 0.717) is 10.8 Å². The van der Waals surface area contributed by atoms with Crippen molar-refractivity contribution in [2.24, 2.45) is 5.92 Å². The van der Waals surface area contributed by atoms with Crippen LogP contribution in [0.15, 0.2) is 48.5 Å². The molecule has 3 rings (SSSR count). The molecule has 1 amide bonds. The van der Waals surface area contributed by atoms with Gasteiger partial charge in [0.05, 0.1) is 10.1 Å². The Bertz CT molecular complexity index is 856. The lowest BCUT2D eigenvalue weighted by Crippen LogP contribution is -2.51. The second kappa shape index (κ2) is 8.88. The molecular weight excluding hydrogens is 406 g/mol. The van der Waals surface area contributed by atoms with Crippen LogP contribution >= 0.6 is 23.4 Å². The molecule has 2 aromatic carbocycles. The Kier molecular flexibility index (Phi) is 6.69. The molecule has 2 atom stereocenters. The third-order valence-corrected chi connectivity index (χ3v) is 6.94. The van der Waals surface area contributed by atoms with Gasteiger partial charge in [-0.15, -0.1) is 11.8 Å². The lowest BCUT2D eigenvalue weighted by Gasteiger charge is -2.34. The number of nitrogens with zero attached hydrogens (tertiary/aromatic N) is 1. The summed E-state index contributed by atoms with van der Waals surface area (Å²) in [5, 5.41) is 0.663. The zero-order chi connectivity index (χ0) is 21.2. The first-order valence-electron chi connectivity index (χ1n) is 9.78. The van der Waals surface area contributed by atoms with E-state index in [1.807, 2.05) is 48.2 Å². The molecule has 6 heteroatoms. The molecule has 0 N–H and O–H groups in total. The van der Waals surface area contributed by atoms with E-state index in [2.05, 4.69) is 27.7 Å². The number of hydrogen-bond acceptors (Lipinski definition) is 4. The summed E-state index contributed by atoms with van der Waals surface area (Å²) >= 11 is 7.79. The van der Waals surface area contributed by atoms with Gasteiger partial charge in [0.1, 0.15) is 11.5 Å². The fraction of sp³-hybridized carbons (Fsp3) is 0.435. The second-order valence-corrected chi connectivity index (χ2v) is 10.3. The van der Waals surface area contributed by atoms with E-state index in [0.717, 1.165) is 11.3 Å². The van der Waals surface area contributed by atoms with E-state index in [-0.39, 0.29) is 34.8 Å². The minimum absolute atomic E-state index is 0.0149. The molecule has 29 heavy (non-hydrogen) atoms. The molecule has 156 valence electrons. The second-order valence-electron chi connectivity index (χ2n) is 8.14. The van der Waals surface area contributed by atoms with Gasteiger partial charge in [-0.05, 0) is 62.6 Å². The number of halogens is 1. The number of aryl methyl sites for hydroxylation is 1. The van der Waals surface area contributed by atoms with Crippen LogP contribution in [0.3, 0.4) is 0 Å². The molecule has 2 unspecified atom stereocenters. The fourth-order valence-electron chi connectivity index (χ4n) is 3.44. The number of hydrogen-bond donors (Lipinski definition) is 0. The number of thioether (sulfide) groups is 1. The molecule has 0 spiro atoms. The van der Waals surface area contributed by atoms with Crippen LogP contribution in [0.4, 0.5) is 0 Å². The van der Waals surface area contributed by atoms with Crippen molar-refractivity contribution in [2.45, 2.75) is 51.0 Å². The minimum atomic E-state index is -0.385. The Labute approximate surface area is 182 Å². The Morgan fingerprint density at radius 2 is 1.90 bits per heavy atom. The van der Waals surface area contributed by atoms with Crippen molar-refractivity contribution in [3.8, 4) is 11.5 Å². The number of para-hydroxylation sites is 1. The Morgan fingerprint density at radius 3 is 2.52 bits per heavy atom. The van der Waals surface area contributed by atoms with Gasteiger partial charge in [-0.25, -0.2) is 0 Å². The Balaban J connectivity index is 1.81. The van der Waals surface area contributed by atoms with Gasteiger partial charge in [0, 0.05) is 5.02 Å². The number of ether oxygens (including phenoxy) is 2. The third kappa shape index (κ3) is 5.01. The number of carbonyl (C=O) groups excluding carboxylic acids is 1. The summed E-state index contributed by atoms with van der Waals surface area (Å²) in [6, 6.07) is 15.0. The van der Waals surface area contributed by atoms with E-state index in [1.165, 1.54) is 0 Å². The van der Waals surface area contributed by atoms with Crippen LogP contribution in [0, 0.1) is 12.8 Å². The maximum Gasteiger partial charge on any atom is 0.264 e. The van der Waals surface area contributed by atoms with Crippen LogP contribution in [0.1, 0.15) is 33.3 Å². The summed E-state index contributed by atoms with van der Waals surface area (Å²) in [6.07, 6.45) is -0.385. The molecular formula is C23H28ClNO3S. The normalized spacial score (nSPS) is 20.7. The zero-order valence-electron chi connectivity index (χ0n) is 17.5. The van der Waals surface area contributed by atoms with Crippen molar-refractivity contribution in [3.05, 3.63) is 59.1 Å². The van der Waals surface area contributed by atoms with E-state index in [4.69, 9.17) is 21.1 Å². The van der Waals surface area contributed by atoms with Crippen LogP contribution in [-0.2, 0) is 4.79 Å². The van der Waals surface area contributed by atoms with Crippen molar-refractivity contribution in [1.82, 2.24) is 4.90 Å². The molecule has 0 saturated carbocycles. The van der Waals surface area contributed by atoms with Gasteiger partial charge in [0.25, 0.3) is 5.91 Å². The molecule has 4 nitrogen and oxygen atoms in total. The molecule has 1 saturated heterocycles. The smallest absolute Gasteiger partial charge is 0.264 e. The van der Waals surface area contributed by atoms with Crippen molar-refractivity contribution < 1.29 is 14.3 Å². The molecule has 1 fully saturated rings. The van der Waals surface area contributed by atoms with Gasteiger partial charge in [0.15, 0.2) is 12.8 Å². The van der Waals surface area contributed by atoms with Crippen LogP contribution in [0.25, 0.3) is 0 Å². The highest BCUT2D eigenvalue weighted by atomic mass is 35.5. The average molecular weight is 434 g/mol. The van der Waals surface area contributed by atoms with Gasteiger partial charge in [-0.3, -0.25) is 9.69 Å². The van der Waals surface area contributed by atoms with Gasteiger partial charge in [-0.2, -0.15) is 0 Å². The zero-order valence-corrected chi connectivity index (χ0v) is 19.1. The SMILES string of the molecule is Cc1cc(Cl)ccc1OCC(=O)N1C(C(C)C)SC(C)(C)C1Oc1ccccc1. The minimum Gasteiger partial charge on any atom is -0.483 e. The molecule has 1 aliphatic heterocycles. The quantitative estimate of drug-likeness (QED) is 0.579. The average Bonchev–Trinajstić information content (AvgIpc) is 2.93. The van der Waals surface area contributed by atoms with Crippen LogP contribution in [0.2, 0.25) is 5.02 Å². The van der Waals surface area contributed by atoms with Gasteiger partial charge in [0.2, 0.25) is 0 Å². The van der Waals surface area contributed by atoms with Crippen LogP contribution in [-0.4, -0.2) is 33.8 Å². The maximum atomic E-state index is 13.3. The Hall–Kier alpha value is -1.85. The summed E-state index contributed by atoms with van der Waals surface area (Å²) in [7, 11) is 0. The highest BCUT2D eigenvalue weighted by Crippen LogP contribution is 2.47. The first-order valence-corrected chi connectivity index (χ1v) is 11.0. The summed E-state index contributed by atoms with van der Waals surface area (Å²) in [5.41, 5.74) is 0.902. The summed E-state index contributed by atoms with van der Waals surface area (Å²) in [4.78, 5) is 15.1. The van der Waals surface area contributed by atoms with Gasteiger partial charge in [-0.1, -0.05) is 43.6 Å². The first kappa shape index (κ1) is 21.8. The van der Waals surface area contributed by atoms with E-state index in [1.54, 1.807) is 23.9 Å². The van der Waals surface area contributed by atoms with Crippen molar-refractivity contribution in [2.75, 3.05) is 6.61 Å². The molecule has 0 aliphatic carbocycles.